The van der Waals surface area contributed by atoms with Gasteiger partial charge in [-0.05, 0) is 31.7 Å². The Kier molecular flexibility index (Phi) is 7.20. The fourth-order valence-corrected chi connectivity index (χ4v) is 3.48. The van der Waals surface area contributed by atoms with Gasteiger partial charge >= 0.3 is 0 Å². The van der Waals surface area contributed by atoms with E-state index in [-0.39, 0.29) is 0 Å². The van der Waals surface area contributed by atoms with Gasteiger partial charge in [0.25, 0.3) is 0 Å². The molecule has 1 fully saturated rings. The molecule has 1 aromatic rings. The first-order valence-electron chi connectivity index (χ1n) is 8.96. The van der Waals surface area contributed by atoms with Crippen LogP contribution in [0.1, 0.15) is 83.4 Å². The highest BCUT2D eigenvalue weighted by atomic mass is 15.4. The number of rotatable bonds is 8. The van der Waals surface area contributed by atoms with Crippen molar-refractivity contribution in [1.29, 1.82) is 0 Å². The zero-order valence-electron chi connectivity index (χ0n) is 13.9. The molecule has 1 atom stereocenters. The SMILES string of the molecule is CCCNC(CC1CCCCCC1)c1cnnn1CCC. The summed E-state index contributed by atoms with van der Waals surface area (Å²) in [5, 5.41) is 12.2. The molecule has 0 spiro atoms. The number of aryl methyl sites for hydroxylation is 1. The Bertz CT molecular complexity index is 380. The van der Waals surface area contributed by atoms with Crippen LogP contribution >= 0.6 is 0 Å². The van der Waals surface area contributed by atoms with Crippen LogP contribution in [0.3, 0.4) is 0 Å². The summed E-state index contributed by atoms with van der Waals surface area (Å²) in [5.74, 6) is 0.867. The van der Waals surface area contributed by atoms with Gasteiger partial charge in [-0.2, -0.15) is 0 Å². The standard InChI is InChI=1S/C17H32N4/c1-3-11-18-16(13-15-9-7-5-6-8-10-15)17-14-19-20-21(17)12-4-2/h14-16,18H,3-13H2,1-2H3. The van der Waals surface area contributed by atoms with Crippen molar-refractivity contribution in [1.82, 2.24) is 20.3 Å². The number of aromatic nitrogens is 3. The Labute approximate surface area is 129 Å². The smallest absolute Gasteiger partial charge is 0.0756 e. The minimum atomic E-state index is 0.426. The first-order chi connectivity index (χ1) is 10.3. The summed E-state index contributed by atoms with van der Waals surface area (Å²) in [6.45, 7) is 6.49. The van der Waals surface area contributed by atoms with E-state index in [9.17, 15) is 0 Å². The molecular formula is C17H32N4. The van der Waals surface area contributed by atoms with Gasteiger partial charge in [0.2, 0.25) is 0 Å². The van der Waals surface area contributed by atoms with Crippen LogP contribution in [0.2, 0.25) is 0 Å². The van der Waals surface area contributed by atoms with Gasteiger partial charge < -0.3 is 5.32 Å². The van der Waals surface area contributed by atoms with Crippen molar-refractivity contribution in [3.05, 3.63) is 11.9 Å². The molecule has 0 aliphatic heterocycles. The highest BCUT2D eigenvalue weighted by Gasteiger charge is 2.22. The van der Waals surface area contributed by atoms with Crippen molar-refractivity contribution in [3.63, 3.8) is 0 Å². The topological polar surface area (TPSA) is 42.7 Å². The van der Waals surface area contributed by atoms with Gasteiger partial charge in [0.15, 0.2) is 0 Å². The van der Waals surface area contributed by atoms with Gasteiger partial charge in [-0.1, -0.05) is 57.6 Å². The molecule has 1 aliphatic carbocycles. The Morgan fingerprint density at radius 3 is 2.62 bits per heavy atom. The molecule has 0 radical (unpaired) electrons. The third-order valence-electron chi connectivity index (χ3n) is 4.62. The van der Waals surface area contributed by atoms with Crippen LogP contribution in [-0.2, 0) is 6.54 Å². The molecule has 1 aliphatic rings. The van der Waals surface area contributed by atoms with Gasteiger partial charge in [-0.3, -0.25) is 0 Å². The van der Waals surface area contributed by atoms with Gasteiger partial charge in [-0.15, -0.1) is 5.10 Å². The fourth-order valence-electron chi connectivity index (χ4n) is 3.48. The largest absolute Gasteiger partial charge is 0.309 e. The second-order valence-electron chi connectivity index (χ2n) is 6.48. The summed E-state index contributed by atoms with van der Waals surface area (Å²) in [4.78, 5) is 0. The molecule has 1 unspecified atom stereocenters. The van der Waals surface area contributed by atoms with E-state index in [1.807, 2.05) is 6.20 Å². The van der Waals surface area contributed by atoms with Crippen LogP contribution in [0, 0.1) is 5.92 Å². The van der Waals surface area contributed by atoms with Crippen LogP contribution in [0.15, 0.2) is 6.20 Å². The van der Waals surface area contributed by atoms with Crippen molar-refractivity contribution < 1.29 is 0 Å². The lowest BCUT2D eigenvalue weighted by Crippen LogP contribution is -2.27. The van der Waals surface area contributed by atoms with Crippen LogP contribution in [-0.4, -0.2) is 21.5 Å². The average molecular weight is 292 g/mol. The maximum atomic E-state index is 4.27. The molecule has 0 amide bonds. The lowest BCUT2D eigenvalue weighted by molar-refractivity contribution is 0.341. The Morgan fingerprint density at radius 1 is 1.19 bits per heavy atom. The molecule has 21 heavy (non-hydrogen) atoms. The molecule has 4 heteroatoms. The Balaban J connectivity index is 2.03. The van der Waals surface area contributed by atoms with Crippen molar-refractivity contribution in [2.45, 2.75) is 84.2 Å². The molecule has 0 saturated heterocycles. The van der Waals surface area contributed by atoms with E-state index < -0.39 is 0 Å². The highest BCUT2D eigenvalue weighted by molar-refractivity contribution is 5.03. The summed E-state index contributed by atoms with van der Waals surface area (Å²) in [5.41, 5.74) is 1.29. The molecule has 4 nitrogen and oxygen atoms in total. The van der Waals surface area contributed by atoms with Crippen molar-refractivity contribution in [2.75, 3.05) is 6.54 Å². The Hall–Kier alpha value is -0.900. The molecule has 120 valence electrons. The van der Waals surface area contributed by atoms with Crippen LogP contribution in [0.5, 0.6) is 0 Å². The third kappa shape index (κ3) is 5.10. The predicted octanol–water partition coefficient (Wildman–Crippen LogP) is 4.09. The second-order valence-corrected chi connectivity index (χ2v) is 6.48. The lowest BCUT2D eigenvalue weighted by Gasteiger charge is -2.24. The van der Waals surface area contributed by atoms with E-state index in [0.717, 1.165) is 25.4 Å². The quantitative estimate of drug-likeness (QED) is 0.734. The van der Waals surface area contributed by atoms with Crippen LogP contribution in [0.25, 0.3) is 0 Å². The summed E-state index contributed by atoms with van der Waals surface area (Å²) in [6.07, 6.45) is 14.0. The number of nitrogens with zero attached hydrogens (tertiary/aromatic N) is 3. The van der Waals surface area contributed by atoms with E-state index >= 15 is 0 Å². The zero-order chi connectivity index (χ0) is 14.9. The average Bonchev–Trinajstić information content (AvgIpc) is 2.79. The third-order valence-corrected chi connectivity index (χ3v) is 4.62. The highest BCUT2D eigenvalue weighted by Crippen LogP contribution is 2.31. The first-order valence-corrected chi connectivity index (χ1v) is 8.96. The van der Waals surface area contributed by atoms with Crippen molar-refractivity contribution in [3.8, 4) is 0 Å². The normalized spacial score (nSPS) is 18.6. The first kappa shape index (κ1) is 16.5. The van der Waals surface area contributed by atoms with Crippen molar-refractivity contribution >= 4 is 0 Å². The molecule has 1 saturated carbocycles. The lowest BCUT2D eigenvalue weighted by atomic mass is 9.91. The molecule has 1 N–H and O–H groups in total. The van der Waals surface area contributed by atoms with E-state index in [1.54, 1.807) is 0 Å². The van der Waals surface area contributed by atoms with E-state index in [0.29, 0.717) is 6.04 Å². The van der Waals surface area contributed by atoms with Crippen molar-refractivity contribution in [2.24, 2.45) is 5.92 Å². The molecule has 0 aromatic carbocycles. The van der Waals surface area contributed by atoms with Crippen LogP contribution in [0.4, 0.5) is 0 Å². The van der Waals surface area contributed by atoms with Gasteiger partial charge in [0, 0.05) is 6.54 Å². The zero-order valence-corrected chi connectivity index (χ0v) is 13.9. The number of hydrogen-bond donors (Lipinski definition) is 1. The summed E-state index contributed by atoms with van der Waals surface area (Å²) in [6, 6.07) is 0.426. The van der Waals surface area contributed by atoms with E-state index in [1.165, 1.54) is 57.1 Å². The van der Waals surface area contributed by atoms with Crippen LogP contribution < -0.4 is 5.32 Å². The Morgan fingerprint density at radius 2 is 1.95 bits per heavy atom. The monoisotopic (exact) mass is 292 g/mol. The van der Waals surface area contributed by atoms with Gasteiger partial charge in [0.1, 0.15) is 0 Å². The van der Waals surface area contributed by atoms with E-state index in [4.69, 9.17) is 0 Å². The summed E-state index contributed by atoms with van der Waals surface area (Å²) in [7, 11) is 0. The molecule has 1 aromatic heterocycles. The molecular weight excluding hydrogens is 260 g/mol. The minimum Gasteiger partial charge on any atom is -0.309 e. The van der Waals surface area contributed by atoms with Gasteiger partial charge in [-0.25, -0.2) is 4.68 Å². The van der Waals surface area contributed by atoms with Gasteiger partial charge in [0.05, 0.1) is 17.9 Å². The predicted molar refractivity (Wildman–Crippen MR) is 87.2 cm³/mol. The maximum Gasteiger partial charge on any atom is 0.0756 e. The summed E-state index contributed by atoms with van der Waals surface area (Å²) < 4.78 is 2.10. The molecule has 0 bridgehead atoms. The molecule has 2 rings (SSSR count). The summed E-state index contributed by atoms with van der Waals surface area (Å²) >= 11 is 0. The molecule has 1 heterocycles. The number of hydrogen-bond acceptors (Lipinski definition) is 3. The fraction of sp³-hybridized carbons (Fsp3) is 0.882. The number of nitrogens with one attached hydrogen (secondary N) is 1. The van der Waals surface area contributed by atoms with E-state index in [2.05, 4.69) is 34.2 Å². The maximum absolute atomic E-state index is 4.27. The minimum absolute atomic E-state index is 0.426. The second kappa shape index (κ2) is 9.19.